The maximum Gasteiger partial charge on any atom is 0.120 e. The number of hydrogen-bond acceptors (Lipinski definition) is 3. The highest BCUT2D eigenvalue weighted by molar-refractivity contribution is 5.40. The summed E-state index contributed by atoms with van der Waals surface area (Å²) in [7, 11) is 0. The molecule has 0 aliphatic heterocycles. The van der Waals surface area contributed by atoms with Crippen LogP contribution in [0.4, 0.5) is 0 Å². The Morgan fingerprint density at radius 2 is 2.00 bits per heavy atom. The van der Waals surface area contributed by atoms with Crippen molar-refractivity contribution in [1.29, 1.82) is 0 Å². The Hall–Kier alpha value is -1.22. The molecule has 0 fully saturated rings. The monoisotopic (exact) mass is 209 g/mol. The van der Waals surface area contributed by atoms with Crippen molar-refractivity contribution in [3.63, 3.8) is 0 Å². The quantitative estimate of drug-likeness (QED) is 0.516. The van der Waals surface area contributed by atoms with Crippen molar-refractivity contribution in [3.05, 3.63) is 23.8 Å². The highest BCUT2D eigenvalue weighted by Gasteiger charge is 2.11. The van der Waals surface area contributed by atoms with Crippen LogP contribution in [0, 0.1) is 0 Å². The van der Waals surface area contributed by atoms with Crippen molar-refractivity contribution in [1.82, 2.24) is 0 Å². The van der Waals surface area contributed by atoms with Crippen molar-refractivity contribution in [2.24, 2.45) is 5.73 Å². The molecule has 1 atom stereocenters. The molecular formula is C12H19NO2. The van der Waals surface area contributed by atoms with E-state index in [1.54, 1.807) is 0 Å². The smallest absolute Gasteiger partial charge is 0.120 e. The zero-order valence-corrected chi connectivity index (χ0v) is 9.11. The molecule has 0 heterocycles. The Balaban J connectivity index is 2.64. The van der Waals surface area contributed by atoms with Gasteiger partial charge in [0.05, 0.1) is 0 Å². The number of phenolic OH excluding ortho intramolecular Hbond substituents is 2. The number of aromatic hydroxyl groups is 2. The lowest BCUT2D eigenvalue weighted by Gasteiger charge is -2.13. The summed E-state index contributed by atoms with van der Waals surface area (Å²) in [5, 5.41) is 18.9. The molecule has 0 spiro atoms. The third-order valence-corrected chi connectivity index (χ3v) is 2.53. The number of rotatable bonds is 5. The van der Waals surface area contributed by atoms with Gasteiger partial charge >= 0.3 is 0 Å². The van der Waals surface area contributed by atoms with E-state index >= 15 is 0 Å². The van der Waals surface area contributed by atoms with E-state index in [4.69, 9.17) is 5.73 Å². The van der Waals surface area contributed by atoms with E-state index < -0.39 is 0 Å². The van der Waals surface area contributed by atoms with Crippen molar-refractivity contribution in [2.75, 3.05) is 0 Å². The summed E-state index contributed by atoms with van der Waals surface area (Å²) in [5.41, 5.74) is 6.57. The van der Waals surface area contributed by atoms with Gasteiger partial charge in [0.1, 0.15) is 11.5 Å². The molecule has 0 unspecified atom stereocenters. The molecule has 0 saturated heterocycles. The molecule has 0 aliphatic carbocycles. The van der Waals surface area contributed by atoms with Crippen LogP contribution >= 0.6 is 0 Å². The van der Waals surface area contributed by atoms with E-state index in [1.165, 1.54) is 18.2 Å². The molecule has 3 nitrogen and oxygen atoms in total. The van der Waals surface area contributed by atoms with E-state index in [1.807, 2.05) is 0 Å². The molecule has 0 aliphatic rings. The third kappa shape index (κ3) is 3.44. The summed E-state index contributed by atoms with van der Waals surface area (Å²) in [6, 6.07) is 4.28. The van der Waals surface area contributed by atoms with Crippen LogP contribution in [0.15, 0.2) is 18.2 Å². The van der Waals surface area contributed by atoms with Gasteiger partial charge in [-0.15, -0.1) is 0 Å². The SMILES string of the molecule is CCCCC[C@@H](N)c1cc(O)ccc1O. The second-order valence-corrected chi connectivity index (χ2v) is 3.85. The maximum absolute atomic E-state index is 9.57. The Kier molecular flexibility index (Phi) is 4.43. The fourth-order valence-corrected chi connectivity index (χ4v) is 1.61. The van der Waals surface area contributed by atoms with Crippen molar-refractivity contribution < 1.29 is 10.2 Å². The van der Waals surface area contributed by atoms with Gasteiger partial charge < -0.3 is 15.9 Å². The molecule has 0 saturated carbocycles. The van der Waals surface area contributed by atoms with Gasteiger partial charge in [-0.05, 0) is 24.6 Å². The van der Waals surface area contributed by atoms with E-state index in [-0.39, 0.29) is 17.5 Å². The molecule has 0 amide bonds. The average molecular weight is 209 g/mol. The summed E-state index contributed by atoms with van der Waals surface area (Å²) in [6.07, 6.45) is 4.18. The third-order valence-electron chi connectivity index (χ3n) is 2.53. The van der Waals surface area contributed by atoms with Crippen molar-refractivity contribution in [2.45, 2.75) is 38.6 Å². The largest absolute Gasteiger partial charge is 0.508 e. The second-order valence-electron chi connectivity index (χ2n) is 3.85. The predicted octanol–water partition coefficient (Wildman–Crippen LogP) is 2.68. The summed E-state index contributed by atoms with van der Waals surface area (Å²) < 4.78 is 0. The van der Waals surface area contributed by atoms with Gasteiger partial charge in [-0.1, -0.05) is 26.2 Å². The minimum absolute atomic E-state index is 0.147. The van der Waals surface area contributed by atoms with E-state index in [2.05, 4.69) is 6.92 Å². The highest BCUT2D eigenvalue weighted by atomic mass is 16.3. The molecule has 0 bridgehead atoms. The standard InChI is InChI=1S/C12H19NO2/c1-2-3-4-5-11(13)10-8-9(14)6-7-12(10)15/h6-8,11,14-15H,2-5,13H2,1H3/t11-/m1/s1. The first kappa shape index (κ1) is 11.9. The molecule has 0 aromatic heterocycles. The zero-order chi connectivity index (χ0) is 11.3. The van der Waals surface area contributed by atoms with E-state index in [9.17, 15) is 10.2 Å². The molecule has 1 rings (SSSR count). The summed E-state index contributed by atoms with van der Waals surface area (Å²) in [4.78, 5) is 0. The number of phenols is 2. The van der Waals surface area contributed by atoms with Crippen LogP contribution < -0.4 is 5.73 Å². The number of nitrogens with two attached hydrogens (primary N) is 1. The molecule has 1 aromatic carbocycles. The van der Waals surface area contributed by atoms with Crippen LogP contribution in [0.1, 0.15) is 44.2 Å². The van der Waals surface area contributed by atoms with Gasteiger partial charge in [0.2, 0.25) is 0 Å². The lowest BCUT2D eigenvalue weighted by atomic mass is 10.0. The van der Waals surface area contributed by atoms with Crippen LogP contribution in [-0.2, 0) is 0 Å². The van der Waals surface area contributed by atoms with E-state index in [0.717, 1.165) is 25.7 Å². The lowest BCUT2D eigenvalue weighted by Crippen LogP contribution is -2.10. The fourth-order valence-electron chi connectivity index (χ4n) is 1.61. The first-order valence-electron chi connectivity index (χ1n) is 5.42. The fraction of sp³-hybridized carbons (Fsp3) is 0.500. The van der Waals surface area contributed by atoms with Gasteiger partial charge in [0.25, 0.3) is 0 Å². The van der Waals surface area contributed by atoms with Gasteiger partial charge in [0, 0.05) is 11.6 Å². The maximum atomic E-state index is 9.57. The van der Waals surface area contributed by atoms with Crippen molar-refractivity contribution in [3.8, 4) is 11.5 Å². The van der Waals surface area contributed by atoms with Crippen LogP contribution in [-0.4, -0.2) is 10.2 Å². The molecule has 15 heavy (non-hydrogen) atoms. The van der Waals surface area contributed by atoms with Gasteiger partial charge in [0.15, 0.2) is 0 Å². The Labute approximate surface area is 90.5 Å². The lowest BCUT2D eigenvalue weighted by molar-refractivity contribution is 0.443. The minimum Gasteiger partial charge on any atom is -0.508 e. The molecule has 4 N–H and O–H groups in total. The number of benzene rings is 1. The second kappa shape index (κ2) is 5.61. The number of hydrogen-bond donors (Lipinski definition) is 3. The molecule has 84 valence electrons. The topological polar surface area (TPSA) is 66.5 Å². The molecule has 0 radical (unpaired) electrons. The Morgan fingerprint density at radius 3 is 2.67 bits per heavy atom. The predicted molar refractivity (Wildman–Crippen MR) is 60.8 cm³/mol. The van der Waals surface area contributed by atoms with Gasteiger partial charge in [-0.2, -0.15) is 0 Å². The van der Waals surface area contributed by atoms with E-state index in [0.29, 0.717) is 5.56 Å². The molecular weight excluding hydrogens is 190 g/mol. The summed E-state index contributed by atoms with van der Waals surface area (Å²) >= 11 is 0. The van der Waals surface area contributed by atoms with Gasteiger partial charge in [-0.3, -0.25) is 0 Å². The first-order chi connectivity index (χ1) is 7.15. The van der Waals surface area contributed by atoms with Crippen LogP contribution in [0.5, 0.6) is 11.5 Å². The van der Waals surface area contributed by atoms with Crippen LogP contribution in [0.2, 0.25) is 0 Å². The normalized spacial score (nSPS) is 12.7. The Morgan fingerprint density at radius 1 is 1.27 bits per heavy atom. The molecule has 3 heteroatoms. The highest BCUT2D eigenvalue weighted by Crippen LogP contribution is 2.29. The van der Waals surface area contributed by atoms with Crippen LogP contribution in [0.25, 0.3) is 0 Å². The molecule has 1 aromatic rings. The number of unbranched alkanes of at least 4 members (excludes halogenated alkanes) is 2. The summed E-state index contributed by atoms with van der Waals surface area (Å²) in [6.45, 7) is 2.14. The Bertz CT molecular complexity index is 312. The first-order valence-corrected chi connectivity index (χ1v) is 5.42. The minimum atomic E-state index is -0.191. The average Bonchev–Trinajstić information content (AvgIpc) is 2.22. The zero-order valence-electron chi connectivity index (χ0n) is 9.11. The van der Waals surface area contributed by atoms with Crippen molar-refractivity contribution >= 4 is 0 Å². The summed E-state index contributed by atoms with van der Waals surface area (Å²) in [5.74, 6) is 0.311. The van der Waals surface area contributed by atoms with Crippen LogP contribution in [0.3, 0.4) is 0 Å². The van der Waals surface area contributed by atoms with Gasteiger partial charge in [-0.25, -0.2) is 0 Å².